The second-order valence-corrected chi connectivity index (χ2v) is 13.4. The predicted molar refractivity (Wildman–Crippen MR) is 177 cm³/mol. The van der Waals surface area contributed by atoms with Crippen LogP contribution in [0.5, 0.6) is 17.2 Å². The molecule has 9 heteroatoms. The molecule has 0 aliphatic carbocycles. The van der Waals surface area contributed by atoms with E-state index in [2.05, 4.69) is 63.3 Å². The SMILES string of the molecule is CCCCC(c1ccc(OC)cc1)C(OB([O-])[O-])(c1ccc(OC)cc1)c1ccc(OC)cc1.C[N+](C)(C)C.C[N+](C)(C)C. The van der Waals surface area contributed by atoms with Gasteiger partial charge in [-0.3, -0.25) is 0 Å². The molecule has 1 unspecified atom stereocenters. The number of ether oxygens (including phenoxy) is 3. The van der Waals surface area contributed by atoms with Gasteiger partial charge in [0.15, 0.2) is 0 Å². The monoisotopic (exact) mass is 610 g/mol. The van der Waals surface area contributed by atoms with E-state index >= 15 is 0 Å². The van der Waals surface area contributed by atoms with Crippen LogP contribution in [0.1, 0.15) is 48.8 Å². The summed E-state index contributed by atoms with van der Waals surface area (Å²) >= 11 is 0. The van der Waals surface area contributed by atoms with Crippen LogP contribution in [0.3, 0.4) is 0 Å². The lowest BCUT2D eigenvalue weighted by molar-refractivity contribution is -0.849. The van der Waals surface area contributed by atoms with Gasteiger partial charge in [0.2, 0.25) is 0 Å². The van der Waals surface area contributed by atoms with Crippen molar-refractivity contribution in [2.75, 3.05) is 77.7 Å². The predicted octanol–water partition coefficient (Wildman–Crippen LogP) is 4.30. The van der Waals surface area contributed by atoms with E-state index in [1.165, 1.54) is 0 Å². The van der Waals surface area contributed by atoms with Crippen molar-refractivity contribution in [2.24, 2.45) is 0 Å². The minimum Gasteiger partial charge on any atom is -0.871 e. The number of quaternary nitrogens is 2. The van der Waals surface area contributed by atoms with Gasteiger partial charge in [-0.05, 0) is 59.5 Å². The highest BCUT2D eigenvalue weighted by Crippen LogP contribution is 2.49. The quantitative estimate of drug-likeness (QED) is 0.225. The van der Waals surface area contributed by atoms with Crippen LogP contribution in [-0.4, -0.2) is 94.0 Å². The fourth-order valence-corrected chi connectivity index (χ4v) is 4.47. The molecule has 8 nitrogen and oxygen atoms in total. The number of hydrogen-bond acceptors (Lipinski definition) is 6. The third kappa shape index (κ3) is 13.7. The van der Waals surface area contributed by atoms with Gasteiger partial charge >= 0.3 is 0 Å². The topological polar surface area (TPSA) is 83.0 Å². The molecule has 3 aromatic rings. The third-order valence-electron chi connectivity index (χ3n) is 6.18. The van der Waals surface area contributed by atoms with Crippen LogP contribution in [0.4, 0.5) is 0 Å². The van der Waals surface area contributed by atoms with Crippen LogP contribution in [0, 0.1) is 0 Å². The molecule has 0 bridgehead atoms. The highest BCUT2D eigenvalue weighted by Gasteiger charge is 2.43. The van der Waals surface area contributed by atoms with Crippen molar-refractivity contribution in [3.63, 3.8) is 0 Å². The molecule has 0 amide bonds. The Morgan fingerprint density at radius 3 is 1.20 bits per heavy atom. The Morgan fingerprint density at radius 2 is 0.932 bits per heavy atom. The smallest absolute Gasteiger partial charge is 0.118 e. The Morgan fingerprint density at radius 1 is 0.614 bits per heavy atom. The van der Waals surface area contributed by atoms with Crippen molar-refractivity contribution >= 4 is 7.32 Å². The van der Waals surface area contributed by atoms with Crippen molar-refractivity contribution in [2.45, 2.75) is 37.7 Å². The summed E-state index contributed by atoms with van der Waals surface area (Å²) in [4.78, 5) is 0. The zero-order valence-electron chi connectivity index (χ0n) is 29.0. The van der Waals surface area contributed by atoms with Crippen molar-refractivity contribution < 1.29 is 37.9 Å². The van der Waals surface area contributed by atoms with E-state index < -0.39 is 12.9 Å². The Bertz CT molecular complexity index is 1120. The van der Waals surface area contributed by atoms with Crippen LogP contribution in [-0.2, 0) is 10.3 Å². The molecule has 0 saturated heterocycles. The van der Waals surface area contributed by atoms with E-state index in [1.807, 2.05) is 72.8 Å². The number of methoxy groups -OCH3 is 3. The molecule has 0 aliphatic rings. The molecule has 0 saturated carbocycles. The molecule has 0 radical (unpaired) electrons. The van der Waals surface area contributed by atoms with Gasteiger partial charge in [-0.2, -0.15) is 0 Å². The molecule has 244 valence electrons. The van der Waals surface area contributed by atoms with Gasteiger partial charge in [0, 0.05) is 5.92 Å². The standard InChI is InChI=1S/C27H31BO6.2C4H12N/c1-5-6-7-26(20-8-14-23(31-2)15-9-20)27(34-28(29)30,21-10-16-24(32-3)17-11-21)22-12-18-25(33-4)19-13-22;2*1-5(2,3)4/h8-19,26H,5-7H2,1-4H3;2*1-4H3/q-2;2*+1. The zero-order valence-corrected chi connectivity index (χ0v) is 29.0. The van der Waals surface area contributed by atoms with E-state index in [1.54, 1.807) is 21.3 Å². The fraction of sp³-hybridized carbons (Fsp3) is 0.486. The Kier molecular flexibility index (Phi) is 16.0. The van der Waals surface area contributed by atoms with Crippen LogP contribution >= 0.6 is 0 Å². The summed E-state index contributed by atoms with van der Waals surface area (Å²) in [7, 11) is 19.3. The summed E-state index contributed by atoms with van der Waals surface area (Å²) in [6.45, 7) is 2.11. The first kappa shape index (κ1) is 38.9. The normalized spacial score (nSPS) is 12.1. The van der Waals surface area contributed by atoms with E-state index in [0.29, 0.717) is 29.0 Å². The molecule has 3 aromatic carbocycles. The van der Waals surface area contributed by atoms with Crippen molar-refractivity contribution in [3.8, 4) is 17.2 Å². The minimum atomic E-state index is -2.49. The van der Waals surface area contributed by atoms with Crippen LogP contribution < -0.4 is 24.3 Å². The summed E-state index contributed by atoms with van der Waals surface area (Å²) in [5.74, 6) is 1.75. The number of benzene rings is 3. The first-order valence-electron chi connectivity index (χ1n) is 15.0. The average molecular weight is 611 g/mol. The molecular formula is C35H55BN2O6. The van der Waals surface area contributed by atoms with Gasteiger partial charge in [0.05, 0.1) is 85.0 Å². The number of unbranched alkanes of at least 4 members (excludes halogenated alkanes) is 1. The molecule has 3 rings (SSSR count). The largest absolute Gasteiger partial charge is 0.871 e. The maximum atomic E-state index is 12.2. The van der Waals surface area contributed by atoms with Crippen LogP contribution in [0.15, 0.2) is 72.8 Å². The Labute approximate surface area is 267 Å². The van der Waals surface area contributed by atoms with E-state index in [9.17, 15) is 10.0 Å². The highest BCUT2D eigenvalue weighted by molar-refractivity contribution is 6.28. The number of nitrogens with zero attached hydrogens (tertiary/aromatic N) is 2. The second-order valence-electron chi connectivity index (χ2n) is 13.4. The van der Waals surface area contributed by atoms with E-state index in [4.69, 9.17) is 18.9 Å². The van der Waals surface area contributed by atoms with Crippen LogP contribution in [0.2, 0.25) is 0 Å². The Balaban J connectivity index is 0.000000837. The van der Waals surface area contributed by atoms with Crippen LogP contribution in [0.25, 0.3) is 0 Å². The van der Waals surface area contributed by atoms with Gasteiger partial charge in [0.25, 0.3) is 0 Å². The molecule has 44 heavy (non-hydrogen) atoms. The highest BCUT2D eigenvalue weighted by atomic mass is 16.6. The number of hydrogen-bond donors (Lipinski definition) is 0. The van der Waals surface area contributed by atoms with Gasteiger partial charge in [0.1, 0.15) is 22.8 Å². The molecule has 0 aliphatic heterocycles. The number of rotatable bonds is 12. The van der Waals surface area contributed by atoms with E-state index in [-0.39, 0.29) is 5.92 Å². The molecule has 0 heterocycles. The summed E-state index contributed by atoms with van der Waals surface area (Å²) in [6, 6.07) is 22.4. The van der Waals surface area contributed by atoms with Crippen molar-refractivity contribution in [1.29, 1.82) is 0 Å². The molecule has 0 aromatic heterocycles. The second kappa shape index (κ2) is 18.0. The molecule has 0 spiro atoms. The van der Waals surface area contributed by atoms with Gasteiger partial charge in [-0.15, -0.1) is 0 Å². The minimum absolute atomic E-state index is 0.314. The summed E-state index contributed by atoms with van der Waals surface area (Å²) in [5, 5.41) is 24.4. The van der Waals surface area contributed by atoms with Crippen molar-refractivity contribution in [3.05, 3.63) is 89.5 Å². The average Bonchev–Trinajstić information content (AvgIpc) is 2.95. The lowest BCUT2D eigenvalue weighted by Gasteiger charge is -2.48. The first-order chi connectivity index (χ1) is 20.5. The van der Waals surface area contributed by atoms with Gasteiger partial charge < -0.3 is 37.9 Å². The lowest BCUT2D eigenvalue weighted by atomic mass is 9.70. The molecule has 0 fully saturated rings. The molecular weight excluding hydrogens is 555 g/mol. The first-order valence-corrected chi connectivity index (χ1v) is 15.0. The maximum absolute atomic E-state index is 12.2. The lowest BCUT2D eigenvalue weighted by Crippen LogP contribution is -2.55. The molecule has 0 N–H and O–H groups in total. The molecule has 1 atom stereocenters. The third-order valence-corrected chi connectivity index (χ3v) is 6.18. The summed E-state index contributed by atoms with van der Waals surface area (Å²) < 4.78 is 23.9. The van der Waals surface area contributed by atoms with Gasteiger partial charge in [-0.1, -0.05) is 56.2 Å². The maximum Gasteiger partial charge on any atom is 0.118 e. The van der Waals surface area contributed by atoms with Gasteiger partial charge in [-0.25, -0.2) is 0 Å². The Hall–Kier alpha value is -3.08. The van der Waals surface area contributed by atoms with Crippen molar-refractivity contribution in [1.82, 2.24) is 0 Å². The summed E-state index contributed by atoms with van der Waals surface area (Å²) in [5.41, 5.74) is 1.02. The van der Waals surface area contributed by atoms with E-state index in [0.717, 1.165) is 33.1 Å². The zero-order chi connectivity index (χ0) is 33.6. The summed E-state index contributed by atoms with van der Waals surface area (Å²) in [6.07, 6.45) is 2.54. The fourth-order valence-electron chi connectivity index (χ4n) is 4.47.